The molecular formula is C25H25N5O4. The number of carbonyl (C=O) groups excluding carboxylic acids is 3. The minimum Gasteiger partial charge on any atom is -0.497 e. The maximum absolute atomic E-state index is 14.2. The third kappa shape index (κ3) is 3.68. The highest BCUT2D eigenvalue weighted by Gasteiger charge is 2.34. The fourth-order valence-electron chi connectivity index (χ4n) is 3.49. The van der Waals surface area contributed by atoms with Gasteiger partial charge >= 0.3 is 0 Å². The molecule has 2 aromatic carbocycles. The molecule has 1 saturated heterocycles. The van der Waals surface area contributed by atoms with Gasteiger partial charge < -0.3 is 20.3 Å². The lowest BCUT2D eigenvalue weighted by Gasteiger charge is -2.29. The van der Waals surface area contributed by atoms with E-state index in [1.165, 1.54) is 12.1 Å². The number of rotatable bonds is 5. The summed E-state index contributed by atoms with van der Waals surface area (Å²) in [5.41, 5.74) is 2.06. The number of piperidine rings is 1. The molecule has 0 atom stereocenters. The summed E-state index contributed by atoms with van der Waals surface area (Å²) in [4.78, 5) is 40.7. The number of benzene rings is 2. The van der Waals surface area contributed by atoms with E-state index in [9.17, 15) is 14.4 Å². The highest BCUT2D eigenvalue weighted by Crippen LogP contribution is 2.31. The molecule has 2 aliphatic rings. The Morgan fingerprint density at radius 2 is 1.74 bits per heavy atom. The van der Waals surface area contributed by atoms with Gasteiger partial charge in [-0.05, 0) is 67.6 Å². The molecule has 5 rings (SSSR count). The number of methoxy groups -OCH3 is 1. The minimum absolute atomic E-state index is 0.0878. The van der Waals surface area contributed by atoms with Crippen molar-refractivity contribution in [2.24, 2.45) is 5.73 Å². The van der Waals surface area contributed by atoms with Crippen LogP contribution < -0.4 is 20.3 Å². The minimum atomic E-state index is -3.24. The molecule has 0 spiro atoms. The van der Waals surface area contributed by atoms with Crippen molar-refractivity contribution in [3.63, 3.8) is 0 Å². The van der Waals surface area contributed by atoms with Crippen LogP contribution in [0.4, 0.5) is 11.4 Å². The molecule has 1 fully saturated rings. The zero-order valence-electron chi connectivity index (χ0n) is 29.7. The van der Waals surface area contributed by atoms with Crippen molar-refractivity contribution in [2.75, 3.05) is 30.0 Å². The van der Waals surface area contributed by atoms with Crippen LogP contribution in [0.15, 0.2) is 48.4 Å². The van der Waals surface area contributed by atoms with E-state index >= 15 is 0 Å². The summed E-state index contributed by atoms with van der Waals surface area (Å²) >= 11 is 0. The number of hydrogen-bond donors (Lipinski definition) is 1. The predicted molar refractivity (Wildman–Crippen MR) is 127 cm³/mol. The number of fused-ring (bicyclic) bond motifs is 1. The molecule has 2 N–H and O–H groups in total. The Morgan fingerprint density at radius 1 is 1.06 bits per heavy atom. The molecule has 9 nitrogen and oxygen atoms in total. The summed E-state index contributed by atoms with van der Waals surface area (Å²) in [7, 11) is 1.11. The third-order valence-electron chi connectivity index (χ3n) is 5.14. The molecule has 0 bridgehead atoms. The van der Waals surface area contributed by atoms with E-state index in [2.05, 4.69) is 5.10 Å². The maximum Gasteiger partial charge on any atom is 0.277 e. The van der Waals surface area contributed by atoms with Gasteiger partial charge in [0.2, 0.25) is 5.91 Å². The number of amides is 3. The molecule has 34 heavy (non-hydrogen) atoms. The van der Waals surface area contributed by atoms with Crippen molar-refractivity contribution in [1.82, 2.24) is 9.78 Å². The Kier molecular flexibility index (Phi) is 3.01. The summed E-state index contributed by atoms with van der Waals surface area (Å²) in [6.45, 7) is -3.87. The van der Waals surface area contributed by atoms with E-state index in [1.54, 1.807) is 0 Å². The van der Waals surface area contributed by atoms with Gasteiger partial charge in [-0.1, -0.05) is 0 Å². The van der Waals surface area contributed by atoms with Crippen molar-refractivity contribution in [2.45, 2.75) is 25.5 Å². The van der Waals surface area contributed by atoms with Gasteiger partial charge in [-0.2, -0.15) is 5.10 Å². The van der Waals surface area contributed by atoms with Gasteiger partial charge in [0.05, 0.1) is 21.0 Å². The molecule has 0 saturated carbocycles. The molecule has 0 unspecified atom stereocenters. The summed E-state index contributed by atoms with van der Waals surface area (Å²) < 4.78 is 106. The van der Waals surface area contributed by atoms with Gasteiger partial charge in [0, 0.05) is 44.6 Å². The second-order valence-corrected chi connectivity index (χ2v) is 7.13. The largest absolute Gasteiger partial charge is 0.497 e. The average molecular weight is 472 g/mol. The zero-order valence-corrected chi connectivity index (χ0v) is 17.7. The number of nitrogens with two attached hydrogens (primary N) is 1. The van der Waals surface area contributed by atoms with E-state index < -0.39 is 109 Å². The smallest absolute Gasteiger partial charge is 0.277 e. The molecule has 174 valence electrons. The fourth-order valence-corrected chi connectivity index (χ4v) is 3.49. The lowest BCUT2D eigenvalue weighted by atomic mass is 10.0. The standard InChI is InChI=1S/C25H25N5O4/c1-34-19-11-9-18(10-12-19)30-23-20(22(27-30)24(26)32)13-15-29(25(23)33)17-7-5-16(6-8-17)28-14-3-2-4-21(28)31/h5-12H,2-4,13-15H2,1H3,(H2,26,32)/i2D2,3D2,9D,10D,11D,12D,13D2,15D2. The summed E-state index contributed by atoms with van der Waals surface area (Å²) in [5, 5.41) is 3.90. The van der Waals surface area contributed by atoms with Gasteiger partial charge in [0.1, 0.15) is 11.4 Å². The zero-order chi connectivity index (χ0) is 34.5. The highest BCUT2D eigenvalue weighted by molar-refractivity contribution is 6.09. The van der Waals surface area contributed by atoms with E-state index in [0.29, 0.717) is 9.58 Å². The van der Waals surface area contributed by atoms with Crippen LogP contribution in [-0.2, 0) is 11.2 Å². The lowest BCUT2D eigenvalue weighted by molar-refractivity contribution is -0.119. The quantitative estimate of drug-likeness (QED) is 0.615. The number of anilines is 2. The summed E-state index contributed by atoms with van der Waals surface area (Å²) in [6, 6.07) is 1.87. The monoisotopic (exact) mass is 471 g/mol. The topological polar surface area (TPSA) is 111 Å². The molecule has 1 aromatic heterocycles. The number of primary amides is 1. The number of nitrogens with zero attached hydrogens (tertiary/aromatic N) is 4. The summed E-state index contributed by atoms with van der Waals surface area (Å²) in [5.74, 6) is -3.82. The van der Waals surface area contributed by atoms with Crippen LogP contribution in [0.3, 0.4) is 0 Å². The van der Waals surface area contributed by atoms with Crippen LogP contribution in [-0.4, -0.2) is 47.7 Å². The Bertz CT molecular complexity index is 1800. The fraction of sp³-hybridized carbons (Fsp3) is 0.280. The number of hydrogen-bond acceptors (Lipinski definition) is 5. The Labute approximate surface area is 213 Å². The van der Waals surface area contributed by atoms with Crippen molar-refractivity contribution in [1.29, 1.82) is 0 Å². The van der Waals surface area contributed by atoms with Crippen molar-refractivity contribution in [3.8, 4) is 11.4 Å². The van der Waals surface area contributed by atoms with E-state index in [-0.39, 0.29) is 11.4 Å². The normalized spacial score (nSPS) is 27.0. The molecule has 9 heteroatoms. The van der Waals surface area contributed by atoms with E-state index in [0.717, 1.165) is 24.1 Å². The SMILES string of the molecule is [2H]c1c([2H])c(-n2nc(C(N)=O)c3c2C(=O)N(c2ccc(N4CC([2H])([2H])C([2H])([2H])CC4=O)cc2)C([2H])([2H])C3([2H])[2H])c([2H])c([2H])c1OC. The first-order valence-corrected chi connectivity index (χ1v) is 9.95. The van der Waals surface area contributed by atoms with Gasteiger partial charge in [-0.3, -0.25) is 14.4 Å². The Morgan fingerprint density at radius 3 is 2.38 bits per heavy atom. The van der Waals surface area contributed by atoms with E-state index in [4.69, 9.17) is 26.9 Å². The van der Waals surface area contributed by atoms with Crippen molar-refractivity contribution in [3.05, 3.63) is 65.4 Å². The second kappa shape index (κ2) is 8.66. The first-order chi connectivity index (χ1) is 21.1. The van der Waals surface area contributed by atoms with Crippen LogP contribution >= 0.6 is 0 Å². The van der Waals surface area contributed by atoms with E-state index in [1.807, 2.05) is 0 Å². The molecule has 3 aromatic rings. The van der Waals surface area contributed by atoms with Gasteiger partial charge in [0.15, 0.2) is 5.69 Å². The Balaban J connectivity index is 1.69. The molecular weight excluding hydrogens is 434 g/mol. The third-order valence-corrected chi connectivity index (χ3v) is 5.14. The lowest BCUT2D eigenvalue weighted by Crippen LogP contribution is -2.39. The van der Waals surface area contributed by atoms with Crippen LogP contribution in [0, 0.1) is 0 Å². The van der Waals surface area contributed by atoms with Crippen LogP contribution in [0.2, 0.25) is 0 Å². The van der Waals surface area contributed by atoms with Crippen LogP contribution in [0.1, 0.15) is 62.2 Å². The molecule has 2 aliphatic heterocycles. The van der Waals surface area contributed by atoms with Gasteiger partial charge in [-0.25, -0.2) is 4.68 Å². The first kappa shape index (κ1) is 11.8. The van der Waals surface area contributed by atoms with Crippen LogP contribution in [0.5, 0.6) is 5.75 Å². The maximum atomic E-state index is 14.2. The highest BCUT2D eigenvalue weighted by atomic mass is 16.5. The second-order valence-electron chi connectivity index (χ2n) is 7.13. The van der Waals surface area contributed by atoms with Crippen molar-refractivity contribution >= 4 is 29.1 Å². The number of carbonyl (C=O) groups is 3. The molecule has 0 aliphatic carbocycles. The Hall–Kier alpha value is -4.14. The van der Waals surface area contributed by atoms with Crippen molar-refractivity contribution < 1.29 is 35.6 Å². The molecule has 3 heterocycles. The van der Waals surface area contributed by atoms with Gasteiger partial charge in [0.25, 0.3) is 11.8 Å². The average Bonchev–Trinajstić information content (AvgIpc) is 3.36. The van der Waals surface area contributed by atoms with Gasteiger partial charge in [-0.15, -0.1) is 0 Å². The predicted octanol–water partition coefficient (Wildman–Crippen LogP) is 2.70. The first-order valence-electron chi connectivity index (χ1n) is 16.0. The summed E-state index contributed by atoms with van der Waals surface area (Å²) in [6.07, 6.45) is -8.79. The van der Waals surface area contributed by atoms with Crippen LogP contribution in [0.25, 0.3) is 5.69 Å². The molecule has 3 amide bonds. The number of aromatic nitrogens is 2. The number of ether oxygens (including phenoxy) is 1. The molecule has 0 radical (unpaired) electrons.